The van der Waals surface area contributed by atoms with E-state index in [1.165, 1.54) is 10.4 Å². The van der Waals surface area contributed by atoms with Crippen LogP contribution in [0.15, 0.2) is 65.8 Å². The first-order chi connectivity index (χ1) is 15.0. The zero-order valence-corrected chi connectivity index (χ0v) is 20.2. The molecular weight excluding hydrogens is 402 g/mol. The van der Waals surface area contributed by atoms with Gasteiger partial charge in [0, 0.05) is 13.0 Å². The minimum atomic E-state index is -2.61. The van der Waals surface area contributed by atoms with Crippen LogP contribution in [0.2, 0.25) is 5.04 Å². The summed E-state index contributed by atoms with van der Waals surface area (Å²) in [6, 6.07) is 21.7. The Hall–Kier alpha value is -1.95. The van der Waals surface area contributed by atoms with Gasteiger partial charge in [-0.15, -0.1) is 0 Å². The minimum absolute atomic E-state index is 0.00210. The molecule has 2 aliphatic rings. The summed E-state index contributed by atoms with van der Waals surface area (Å²) < 4.78 is 13.6. The molecule has 1 saturated carbocycles. The highest BCUT2D eigenvalue weighted by atomic mass is 28.4. The van der Waals surface area contributed by atoms with E-state index in [1.54, 1.807) is 0 Å². The van der Waals surface area contributed by atoms with E-state index in [0.717, 1.165) is 31.6 Å². The van der Waals surface area contributed by atoms with Crippen molar-refractivity contribution >= 4 is 24.4 Å². The van der Waals surface area contributed by atoms with Crippen molar-refractivity contribution in [1.82, 2.24) is 0 Å². The van der Waals surface area contributed by atoms with Gasteiger partial charge in [0.05, 0.1) is 17.7 Å². The van der Waals surface area contributed by atoms with Gasteiger partial charge in [0.2, 0.25) is 0 Å². The second-order valence-electron chi connectivity index (χ2n) is 9.69. The third-order valence-electron chi connectivity index (χ3n) is 6.59. The van der Waals surface area contributed by atoms with Crippen LogP contribution in [-0.2, 0) is 14.0 Å². The lowest BCUT2D eigenvalue weighted by Gasteiger charge is -2.45. The molecule has 1 fully saturated rings. The SMILES string of the molecule is CCCCO[C@@H]1C[C@H](O[Si](c2ccccc2)(c2ccccc2)C(C)(C)C)[C@H]2CON=C12. The molecule has 4 nitrogen and oxygen atoms in total. The summed E-state index contributed by atoms with van der Waals surface area (Å²) in [5.41, 5.74) is 1.04. The molecule has 2 aromatic carbocycles. The Kier molecular flexibility index (Phi) is 6.65. The summed E-state index contributed by atoms with van der Waals surface area (Å²) in [7, 11) is -2.61. The average Bonchev–Trinajstić information content (AvgIpc) is 3.37. The normalized spacial score (nSPS) is 23.4. The minimum Gasteiger partial charge on any atom is -0.404 e. The highest BCUT2D eigenvalue weighted by Crippen LogP contribution is 2.42. The fourth-order valence-electron chi connectivity index (χ4n) is 5.01. The first-order valence-corrected chi connectivity index (χ1v) is 13.5. The molecule has 1 aliphatic heterocycles. The second kappa shape index (κ2) is 9.27. The molecule has 0 bridgehead atoms. The van der Waals surface area contributed by atoms with Gasteiger partial charge in [-0.1, -0.05) is 99.9 Å². The molecule has 0 N–H and O–H groups in total. The van der Waals surface area contributed by atoms with E-state index in [9.17, 15) is 0 Å². The number of rotatable bonds is 8. The Balaban J connectivity index is 1.73. The summed E-state index contributed by atoms with van der Waals surface area (Å²) in [5.74, 6) is 0.174. The van der Waals surface area contributed by atoms with Gasteiger partial charge in [-0.3, -0.25) is 0 Å². The number of nitrogens with zero attached hydrogens (tertiary/aromatic N) is 1. The predicted octanol–water partition coefficient (Wildman–Crippen LogP) is 4.52. The van der Waals surface area contributed by atoms with Gasteiger partial charge >= 0.3 is 0 Å². The van der Waals surface area contributed by atoms with Crippen LogP contribution in [0, 0.1) is 5.92 Å². The third-order valence-corrected chi connectivity index (χ3v) is 11.7. The summed E-state index contributed by atoms with van der Waals surface area (Å²) >= 11 is 0. The van der Waals surface area contributed by atoms with E-state index in [4.69, 9.17) is 14.0 Å². The molecule has 1 heterocycles. The van der Waals surface area contributed by atoms with Crippen molar-refractivity contribution in [2.75, 3.05) is 13.2 Å². The van der Waals surface area contributed by atoms with Crippen LogP contribution < -0.4 is 10.4 Å². The van der Waals surface area contributed by atoms with Crippen LogP contribution in [0.25, 0.3) is 0 Å². The van der Waals surface area contributed by atoms with Gasteiger partial charge in [-0.25, -0.2) is 0 Å². The van der Waals surface area contributed by atoms with Crippen LogP contribution in [0.1, 0.15) is 47.0 Å². The van der Waals surface area contributed by atoms with Crippen molar-refractivity contribution in [2.45, 2.75) is 64.2 Å². The topological polar surface area (TPSA) is 40.0 Å². The fraction of sp³-hybridized carbons (Fsp3) is 0.500. The third kappa shape index (κ3) is 4.23. The van der Waals surface area contributed by atoms with E-state index >= 15 is 0 Å². The average molecular weight is 438 g/mol. The summed E-state index contributed by atoms with van der Waals surface area (Å²) in [6.07, 6.45) is 3.08. The lowest BCUT2D eigenvalue weighted by molar-refractivity contribution is 0.0500. The first kappa shape index (κ1) is 22.2. The van der Waals surface area contributed by atoms with E-state index in [-0.39, 0.29) is 23.2 Å². The van der Waals surface area contributed by atoms with Crippen molar-refractivity contribution in [3.8, 4) is 0 Å². The predicted molar refractivity (Wildman–Crippen MR) is 129 cm³/mol. The molecular formula is C26H35NO3Si. The van der Waals surface area contributed by atoms with Crippen molar-refractivity contribution in [3.05, 3.63) is 60.7 Å². The Morgan fingerprint density at radius 1 is 1.00 bits per heavy atom. The molecule has 4 rings (SSSR count). The van der Waals surface area contributed by atoms with Crippen LogP contribution in [-0.4, -0.2) is 39.5 Å². The van der Waals surface area contributed by atoms with E-state index in [1.807, 2.05) is 0 Å². The van der Waals surface area contributed by atoms with Gasteiger partial charge in [0.15, 0.2) is 0 Å². The molecule has 1 aliphatic carbocycles. The summed E-state index contributed by atoms with van der Waals surface area (Å²) in [4.78, 5) is 5.53. The zero-order chi connectivity index (χ0) is 21.9. The van der Waals surface area contributed by atoms with Crippen LogP contribution in [0.5, 0.6) is 0 Å². The highest BCUT2D eigenvalue weighted by Gasteiger charge is 2.55. The van der Waals surface area contributed by atoms with Gasteiger partial charge < -0.3 is 14.0 Å². The van der Waals surface area contributed by atoms with Gasteiger partial charge in [0.1, 0.15) is 12.7 Å². The lowest BCUT2D eigenvalue weighted by Crippen LogP contribution is -2.68. The molecule has 166 valence electrons. The van der Waals surface area contributed by atoms with E-state index < -0.39 is 8.32 Å². The number of oxime groups is 1. The maximum absolute atomic E-state index is 7.38. The zero-order valence-electron chi connectivity index (χ0n) is 19.2. The van der Waals surface area contributed by atoms with Gasteiger partial charge in [0.25, 0.3) is 8.32 Å². The molecule has 31 heavy (non-hydrogen) atoms. The molecule has 0 spiro atoms. The van der Waals surface area contributed by atoms with Crippen molar-refractivity contribution in [3.63, 3.8) is 0 Å². The standard InChI is InChI=1S/C26H35NO3Si/c1-5-6-17-28-24-18-23(22-19-29-27-25(22)24)30-31(26(2,3)4,20-13-9-7-10-14-20)21-15-11-8-12-16-21/h7-16,22-24H,5-6,17-19H2,1-4H3/t22-,23+,24-/m1/s1. The quantitative estimate of drug-likeness (QED) is 0.450. The van der Waals surface area contributed by atoms with Gasteiger partial charge in [-0.2, -0.15) is 0 Å². The molecule has 0 radical (unpaired) electrons. The van der Waals surface area contributed by atoms with E-state index in [2.05, 4.69) is 93.5 Å². The molecule has 0 amide bonds. The number of benzene rings is 2. The number of hydrogen-bond acceptors (Lipinski definition) is 4. The fourth-order valence-corrected chi connectivity index (χ4v) is 9.74. The van der Waals surface area contributed by atoms with Crippen LogP contribution >= 0.6 is 0 Å². The Bertz CT molecular complexity index is 839. The first-order valence-electron chi connectivity index (χ1n) is 11.6. The number of ether oxygens (including phenoxy) is 1. The summed E-state index contributed by atoms with van der Waals surface area (Å²) in [6.45, 7) is 10.5. The van der Waals surface area contributed by atoms with Crippen molar-refractivity contribution in [1.29, 1.82) is 0 Å². The maximum Gasteiger partial charge on any atom is 0.261 e. The molecule has 0 saturated heterocycles. The van der Waals surface area contributed by atoms with Crippen LogP contribution in [0.3, 0.4) is 0 Å². The Morgan fingerprint density at radius 3 is 2.16 bits per heavy atom. The van der Waals surface area contributed by atoms with Crippen molar-refractivity contribution in [2.24, 2.45) is 11.1 Å². The highest BCUT2D eigenvalue weighted by molar-refractivity contribution is 6.99. The summed E-state index contributed by atoms with van der Waals surface area (Å²) in [5, 5.41) is 6.94. The molecule has 5 heteroatoms. The molecule has 0 unspecified atom stereocenters. The number of unbranched alkanes of at least 4 members (excludes halogenated alkanes) is 1. The van der Waals surface area contributed by atoms with E-state index in [0.29, 0.717) is 6.61 Å². The second-order valence-corrected chi connectivity index (χ2v) is 13.9. The van der Waals surface area contributed by atoms with Crippen LogP contribution in [0.4, 0.5) is 0 Å². The smallest absolute Gasteiger partial charge is 0.261 e. The van der Waals surface area contributed by atoms with Gasteiger partial charge in [-0.05, 0) is 21.8 Å². The number of hydrogen-bond donors (Lipinski definition) is 0. The number of fused-ring (bicyclic) bond motifs is 1. The Labute approximate surface area is 187 Å². The lowest BCUT2D eigenvalue weighted by atomic mass is 10.1. The molecule has 3 atom stereocenters. The molecule has 2 aromatic rings. The molecule has 0 aromatic heterocycles. The monoisotopic (exact) mass is 437 g/mol. The largest absolute Gasteiger partial charge is 0.404 e. The Morgan fingerprint density at radius 2 is 1.61 bits per heavy atom. The van der Waals surface area contributed by atoms with Crippen molar-refractivity contribution < 1.29 is 14.0 Å². The maximum atomic E-state index is 7.38.